The zero-order valence-corrected chi connectivity index (χ0v) is 53.2. The van der Waals surface area contributed by atoms with E-state index in [9.17, 15) is 19.8 Å². The molecule has 0 aromatic carbocycles. The van der Waals surface area contributed by atoms with E-state index in [1.54, 1.807) is 0 Å². The standard InChI is InChI=1S/C68H140N6O4/c1-5-9-13-17-21-25-28-31-34-38-42-46-54-72-68(78)52-56-70-62-66(76)64-74(58-48-44-40-36-33-30-27-23-19-15-11-7-3)60-50-49-59-73(57-47-43-39-35-32-29-26-22-18-14-10-6-2)63-65(75)61-69-55-51-67(77)71-53-45-41-37-24-20-16-12-8-4/h65-66,69-70,75-76H,5-64H2,1-4H3,(H,71,77)(H,72,78). The minimum atomic E-state index is -0.475. The Labute approximate surface area is 487 Å². The first-order valence-electron chi connectivity index (χ1n) is 35.1. The molecule has 0 aliphatic heterocycles. The number of aliphatic hydroxyl groups excluding tert-OH is 2. The highest BCUT2D eigenvalue weighted by Gasteiger charge is 2.15. The summed E-state index contributed by atoms with van der Waals surface area (Å²) in [6.07, 6.45) is 60.2. The number of rotatable bonds is 67. The largest absolute Gasteiger partial charge is 0.390 e. The Kier molecular flexibility index (Phi) is 63.8. The van der Waals surface area contributed by atoms with Crippen LogP contribution in [-0.4, -0.2) is 123 Å². The summed E-state index contributed by atoms with van der Waals surface area (Å²) in [7, 11) is 0. The number of hydrogen-bond donors (Lipinski definition) is 6. The van der Waals surface area contributed by atoms with E-state index in [2.05, 4.69) is 58.8 Å². The molecule has 0 aliphatic carbocycles. The molecule has 0 fully saturated rings. The van der Waals surface area contributed by atoms with E-state index in [1.807, 2.05) is 0 Å². The van der Waals surface area contributed by atoms with Gasteiger partial charge < -0.3 is 41.3 Å². The first-order chi connectivity index (χ1) is 38.4. The summed E-state index contributed by atoms with van der Waals surface area (Å²) < 4.78 is 0. The topological polar surface area (TPSA) is 129 Å². The molecule has 0 radical (unpaired) electrons. The summed E-state index contributed by atoms with van der Waals surface area (Å²) in [5, 5.41) is 35.4. The second-order valence-corrected chi connectivity index (χ2v) is 24.4. The second kappa shape index (κ2) is 64.9. The van der Waals surface area contributed by atoms with Gasteiger partial charge in [-0.05, 0) is 64.7 Å². The smallest absolute Gasteiger partial charge is 0.221 e. The van der Waals surface area contributed by atoms with Crippen molar-refractivity contribution in [1.82, 2.24) is 31.1 Å². The third kappa shape index (κ3) is 60.8. The summed E-state index contributed by atoms with van der Waals surface area (Å²) in [6.45, 7) is 18.1. The van der Waals surface area contributed by atoms with Crippen molar-refractivity contribution in [1.29, 1.82) is 0 Å². The van der Waals surface area contributed by atoms with Gasteiger partial charge in [-0.1, -0.05) is 285 Å². The molecule has 0 spiro atoms. The molecule has 2 unspecified atom stereocenters. The van der Waals surface area contributed by atoms with Crippen molar-refractivity contribution >= 4 is 11.8 Å². The van der Waals surface area contributed by atoms with Crippen LogP contribution in [0.5, 0.6) is 0 Å². The van der Waals surface area contributed by atoms with Crippen LogP contribution in [0.25, 0.3) is 0 Å². The molecule has 0 bridgehead atoms. The summed E-state index contributed by atoms with van der Waals surface area (Å²) in [4.78, 5) is 30.1. The molecule has 10 heteroatoms. The normalized spacial score (nSPS) is 12.6. The molecule has 0 saturated heterocycles. The zero-order chi connectivity index (χ0) is 56.7. The van der Waals surface area contributed by atoms with E-state index in [0.717, 1.165) is 65.0 Å². The molecule has 0 aliphatic rings. The first-order valence-corrected chi connectivity index (χ1v) is 35.1. The van der Waals surface area contributed by atoms with E-state index in [-0.39, 0.29) is 11.8 Å². The van der Waals surface area contributed by atoms with Crippen molar-refractivity contribution in [2.75, 3.05) is 78.5 Å². The number of nitrogens with zero attached hydrogens (tertiary/aromatic N) is 2. The predicted molar refractivity (Wildman–Crippen MR) is 341 cm³/mol. The Morgan fingerprint density at radius 1 is 0.295 bits per heavy atom. The molecule has 0 rings (SSSR count). The Morgan fingerprint density at radius 2 is 0.500 bits per heavy atom. The molecule has 10 nitrogen and oxygen atoms in total. The molecule has 0 aromatic heterocycles. The number of unbranched alkanes of at least 4 members (excludes halogenated alkanes) is 41. The number of hydrogen-bond acceptors (Lipinski definition) is 8. The van der Waals surface area contributed by atoms with Gasteiger partial charge in [0, 0.05) is 65.2 Å². The van der Waals surface area contributed by atoms with Crippen molar-refractivity contribution in [2.24, 2.45) is 0 Å². The van der Waals surface area contributed by atoms with Crippen molar-refractivity contribution in [2.45, 2.75) is 348 Å². The lowest BCUT2D eigenvalue weighted by atomic mass is 10.1. The maximum Gasteiger partial charge on any atom is 0.221 e. The van der Waals surface area contributed by atoms with E-state index in [1.165, 1.54) is 270 Å². The maximum absolute atomic E-state index is 12.6. The average Bonchev–Trinajstić information content (AvgIpc) is 3.43. The highest BCUT2D eigenvalue weighted by molar-refractivity contribution is 5.76. The number of carbonyl (C=O) groups is 2. The molecule has 6 N–H and O–H groups in total. The third-order valence-corrected chi connectivity index (χ3v) is 16.3. The highest BCUT2D eigenvalue weighted by atomic mass is 16.3. The Bertz CT molecular complexity index is 1180. The van der Waals surface area contributed by atoms with Crippen LogP contribution in [0, 0.1) is 0 Å². The van der Waals surface area contributed by atoms with E-state index in [0.29, 0.717) is 52.1 Å². The van der Waals surface area contributed by atoms with Crippen molar-refractivity contribution in [3.05, 3.63) is 0 Å². The molecule has 466 valence electrons. The first kappa shape index (κ1) is 76.7. The van der Waals surface area contributed by atoms with Crippen LogP contribution in [0.1, 0.15) is 336 Å². The minimum absolute atomic E-state index is 0.102. The quantitative estimate of drug-likeness (QED) is 0.0332. The fourth-order valence-corrected chi connectivity index (χ4v) is 11.1. The maximum atomic E-state index is 12.6. The Hall–Kier alpha value is -1.30. The third-order valence-electron chi connectivity index (χ3n) is 16.3. The Balaban J connectivity index is 4.99. The summed E-state index contributed by atoms with van der Waals surface area (Å²) >= 11 is 0. The van der Waals surface area contributed by atoms with E-state index < -0.39 is 12.2 Å². The predicted octanol–water partition coefficient (Wildman–Crippen LogP) is 16.5. The molecular formula is C68H140N6O4. The van der Waals surface area contributed by atoms with Gasteiger partial charge in [-0.2, -0.15) is 0 Å². The van der Waals surface area contributed by atoms with Gasteiger partial charge >= 0.3 is 0 Å². The molecule has 78 heavy (non-hydrogen) atoms. The van der Waals surface area contributed by atoms with Crippen LogP contribution in [0.2, 0.25) is 0 Å². The van der Waals surface area contributed by atoms with Gasteiger partial charge in [-0.15, -0.1) is 0 Å². The molecule has 0 heterocycles. The van der Waals surface area contributed by atoms with Crippen LogP contribution in [0.4, 0.5) is 0 Å². The summed E-state index contributed by atoms with van der Waals surface area (Å²) in [5.41, 5.74) is 0. The lowest BCUT2D eigenvalue weighted by Gasteiger charge is -2.27. The van der Waals surface area contributed by atoms with E-state index in [4.69, 9.17) is 0 Å². The lowest BCUT2D eigenvalue weighted by Crippen LogP contribution is -2.41. The lowest BCUT2D eigenvalue weighted by molar-refractivity contribution is -0.121. The highest BCUT2D eigenvalue weighted by Crippen LogP contribution is 2.16. The number of carbonyl (C=O) groups excluding carboxylic acids is 2. The fourth-order valence-electron chi connectivity index (χ4n) is 11.1. The molecule has 2 amide bonds. The molecular weight excluding hydrogens is 965 g/mol. The summed E-state index contributed by atoms with van der Waals surface area (Å²) in [5.74, 6) is 0.207. The molecule has 0 saturated carbocycles. The van der Waals surface area contributed by atoms with Crippen molar-refractivity contribution in [3.63, 3.8) is 0 Å². The van der Waals surface area contributed by atoms with Crippen LogP contribution < -0.4 is 21.3 Å². The van der Waals surface area contributed by atoms with Crippen LogP contribution in [-0.2, 0) is 9.59 Å². The number of aliphatic hydroxyl groups is 2. The summed E-state index contributed by atoms with van der Waals surface area (Å²) in [6, 6.07) is 0. The van der Waals surface area contributed by atoms with Gasteiger partial charge in [0.2, 0.25) is 11.8 Å². The Morgan fingerprint density at radius 3 is 0.744 bits per heavy atom. The van der Waals surface area contributed by atoms with Gasteiger partial charge in [-0.3, -0.25) is 9.59 Å². The van der Waals surface area contributed by atoms with Gasteiger partial charge in [0.1, 0.15) is 0 Å². The molecule has 2 atom stereocenters. The SMILES string of the molecule is CCCCCCCCCCCCCCNC(=O)CCNCC(O)CN(CCCCCCCCCCCCCC)CCCCN(CCCCCCCCCCCCCC)CC(O)CNCCC(=O)NCCCCCCCCCC. The zero-order valence-electron chi connectivity index (χ0n) is 53.2. The minimum Gasteiger partial charge on any atom is -0.390 e. The van der Waals surface area contributed by atoms with Gasteiger partial charge in [-0.25, -0.2) is 0 Å². The van der Waals surface area contributed by atoms with Crippen LogP contribution in [0.15, 0.2) is 0 Å². The second-order valence-electron chi connectivity index (χ2n) is 24.4. The number of amides is 2. The monoisotopic (exact) mass is 1110 g/mol. The van der Waals surface area contributed by atoms with Crippen molar-refractivity contribution in [3.8, 4) is 0 Å². The van der Waals surface area contributed by atoms with Gasteiger partial charge in [0.25, 0.3) is 0 Å². The van der Waals surface area contributed by atoms with Gasteiger partial charge in [0.05, 0.1) is 12.2 Å². The fraction of sp³-hybridized carbons (Fsp3) is 0.971. The number of nitrogens with one attached hydrogen (secondary N) is 4. The average molecular weight is 1110 g/mol. The molecule has 0 aromatic rings. The van der Waals surface area contributed by atoms with Crippen molar-refractivity contribution < 1.29 is 19.8 Å². The van der Waals surface area contributed by atoms with Crippen LogP contribution >= 0.6 is 0 Å². The van der Waals surface area contributed by atoms with E-state index >= 15 is 0 Å². The van der Waals surface area contributed by atoms with Gasteiger partial charge in [0.15, 0.2) is 0 Å². The van der Waals surface area contributed by atoms with Crippen LogP contribution in [0.3, 0.4) is 0 Å².